The predicted octanol–water partition coefficient (Wildman–Crippen LogP) is 4.04. The van der Waals surface area contributed by atoms with Gasteiger partial charge in [-0.3, -0.25) is 9.89 Å². The lowest BCUT2D eigenvalue weighted by Gasteiger charge is -2.23. The summed E-state index contributed by atoms with van der Waals surface area (Å²) in [6.45, 7) is 8.78. The van der Waals surface area contributed by atoms with Gasteiger partial charge in [0.1, 0.15) is 6.54 Å². The van der Waals surface area contributed by atoms with Crippen LogP contribution in [0.5, 0.6) is 0 Å². The zero-order chi connectivity index (χ0) is 24.9. The first kappa shape index (κ1) is 27.0. The molecule has 1 amide bonds. The summed E-state index contributed by atoms with van der Waals surface area (Å²) < 4.78 is 0. The van der Waals surface area contributed by atoms with Gasteiger partial charge in [0.05, 0.1) is 11.8 Å². The summed E-state index contributed by atoms with van der Waals surface area (Å²) in [7, 11) is 4.25. The fraction of sp³-hybridized carbons (Fsp3) is 0.346. The molecular weight excluding hydrogens is 444 g/mol. The standard InChI is InChI=1S/C26H34N6OS/c1-6-8-9-20(26(33)28-15-14-27)10-11-21-18-24(30-29-21)23-13-12-22(19-25(23)34-5)32(4)17-16-31(3)7-2/h6,8-10,12-13,18-19H,1,7,11,15-17H2,2-5H3,(H,28,33)(H,29,30)/b9-8-,20-10+. The number of carbonyl (C=O) groups excluding carboxylic acids is 1. The van der Waals surface area contributed by atoms with Crippen molar-refractivity contribution in [1.29, 1.82) is 5.26 Å². The minimum atomic E-state index is -0.297. The summed E-state index contributed by atoms with van der Waals surface area (Å²) in [5.41, 5.74) is 4.48. The summed E-state index contributed by atoms with van der Waals surface area (Å²) in [4.78, 5) is 18.0. The average molecular weight is 479 g/mol. The van der Waals surface area contributed by atoms with E-state index in [9.17, 15) is 4.79 Å². The van der Waals surface area contributed by atoms with Crippen molar-refractivity contribution in [2.45, 2.75) is 18.2 Å². The Morgan fingerprint density at radius 2 is 2.12 bits per heavy atom. The van der Waals surface area contributed by atoms with Crippen LogP contribution in [0.4, 0.5) is 5.69 Å². The van der Waals surface area contributed by atoms with Crippen LogP contribution >= 0.6 is 11.8 Å². The number of H-pyrrole nitrogens is 1. The molecular formula is C26H34N6OS. The minimum Gasteiger partial charge on any atom is -0.373 e. The van der Waals surface area contributed by atoms with Gasteiger partial charge in [0.15, 0.2) is 0 Å². The number of amides is 1. The van der Waals surface area contributed by atoms with Crippen LogP contribution in [0, 0.1) is 11.3 Å². The van der Waals surface area contributed by atoms with Crippen molar-refractivity contribution in [3.05, 3.63) is 66.4 Å². The van der Waals surface area contributed by atoms with Crippen LogP contribution in [0.2, 0.25) is 0 Å². The Kier molecular flexibility index (Phi) is 11.2. The summed E-state index contributed by atoms with van der Waals surface area (Å²) in [5, 5.41) is 18.9. The number of nitrogens with one attached hydrogen (secondary N) is 2. The monoisotopic (exact) mass is 478 g/mol. The molecule has 0 fully saturated rings. The number of aromatic nitrogens is 2. The molecule has 1 aromatic heterocycles. The van der Waals surface area contributed by atoms with Crippen LogP contribution in [0.3, 0.4) is 0 Å². The molecule has 2 N–H and O–H groups in total. The molecule has 0 aliphatic carbocycles. The molecule has 2 aromatic rings. The summed E-state index contributed by atoms with van der Waals surface area (Å²) in [6.07, 6.45) is 9.36. The number of aromatic amines is 1. The molecule has 0 saturated carbocycles. The Labute approximate surface area is 207 Å². The molecule has 0 aliphatic rings. The van der Waals surface area contributed by atoms with E-state index in [2.05, 4.69) is 77.4 Å². The Hall–Kier alpha value is -3.28. The average Bonchev–Trinajstić information content (AvgIpc) is 3.33. The largest absolute Gasteiger partial charge is 0.373 e. The zero-order valence-electron chi connectivity index (χ0n) is 20.5. The maximum absolute atomic E-state index is 12.3. The van der Waals surface area contributed by atoms with Crippen LogP contribution in [-0.4, -0.2) is 67.5 Å². The second kappa shape index (κ2) is 14.1. The zero-order valence-corrected chi connectivity index (χ0v) is 21.3. The maximum atomic E-state index is 12.3. The highest BCUT2D eigenvalue weighted by atomic mass is 32.2. The number of rotatable bonds is 13. The quantitative estimate of drug-likeness (QED) is 0.196. The molecule has 0 bridgehead atoms. The number of likely N-dealkylation sites (N-methyl/N-ethyl adjacent to an activating group) is 2. The van der Waals surface area contributed by atoms with E-state index in [-0.39, 0.29) is 12.5 Å². The summed E-state index contributed by atoms with van der Waals surface area (Å²) in [6, 6.07) is 10.4. The van der Waals surface area contributed by atoms with Gasteiger partial charge in [-0.15, -0.1) is 11.8 Å². The van der Waals surface area contributed by atoms with Crippen molar-refractivity contribution in [2.75, 3.05) is 51.4 Å². The molecule has 7 nitrogen and oxygen atoms in total. The second-order valence-electron chi connectivity index (χ2n) is 7.78. The Morgan fingerprint density at radius 1 is 1.32 bits per heavy atom. The lowest BCUT2D eigenvalue weighted by atomic mass is 10.1. The van der Waals surface area contributed by atoms with E-state index in [1.807, 2.05) is 18.2 Å². The van der Waals surface area contributed by atoms with E-state index in [1.165, 1.54) is 5.69 Å². The van der Waals surface area contributed by atoms with E-state index >= 15 is 0 Å². The number of hydrogen-bond acceptors (Lipinski definition) is 6. The number of hydrogen-bond donors (Lipinski definition) is 2. The third kappa shape index (κ3) is 7.94. The maximum Gasteiger partial charge on any atom is 0.251 e. The van der Waals surface area contributed by atoms with E-state index < -0.39 is 0 Å². The van der Waals surface area contributed by atoms with Gasteiger partial charge in [0.25, 0.3) is 5.91 Å². The lowest BCUT2D eigenvalue weighted by molar-refractivity contribution is -0.116. The number of carbonyl (C=O) groups is 1. The van der Waals surface area contributed by atoms with Gasteiger partial charge in [0, 0.05) is 54.0 Å². The minimum absolute atomic E-state index is 0.0374. The molecule has 0 spiro atoms. The first-order chi connectivity index (χ1) is 16.4. The van der Waals surface area contributed by atoms with Gasteiger partial charge in [-0.2, -0.15) is 10.4 Å². The van der Waals surface area contributed by atoms with E-state index in [4.69, 9.17) is 5.26 Å². The SMILES string of the molecule is C=C/C=C\C(=C/Cc1cc(-c2ccc(N(C)CCN(C)CC)cc2SC)n[nH]1)C(=O)NCC#N. The predicted molar refractivity (Wildman–Crippen MR) is 142 cm³/mol. The number of allylic oxidation sites excluding steroid dienone is 3. The van der Waals surface area contributed by atoms with Gasteiger partial charge < -0.3 is 15.1 Å². The normalized spacial score (nSPS) is 11.6. The number of anilines is 1. The Bertz CT molecular complexity index is 1070. The Morgan fingerprint density at radius 3 is 2.79 bits per heavy atom. The molecule has 0 atom stereocenters. The molecule has 0 saturated heterocycles. The number of benzene rings is 1. The highest BCUT2D eigenvalue weighted by Gasteiger charge is 2.12. The van der Waals surface area contributed by atoms with Crippen molar-refractivity contribution >= 4 is 23.4 Å². The van der Waals surface area contributed by atoms with Crippen LogP contribution in [0.15, 0.2) is 65.6 Å². The Balaban J connectivity index is 2.18. The van der Waals surface area contributed by atoms with Crippen LogP contribution in [-0.2, 0) is 11.2 Å². The van der Waals surface area contributed by atoms with Crippen molar-refractivity contribution < 1.29 is 4.79 Å². The van der Waals surface area contributed by atoms with Gasteiger partial charge >= 0.3 is 0 Å². The second-order valence-corrected chi connectivity index (χ2v) is 8.63. The fourth-order valence-corrected chi connectivity index (χ4v) is 3.82. The molecule has 8 heteroatoms. The van der Waals surface area contributed by atoms with Crippen molar-refractivity contribution in [3.8, 4) is 17.3 Å². The first-order valence-electron chi connectivity index (χ1n) is 11.2. The number of nitriles is 1. The molecule has 2 rings (SSSR count). The first-order valence-corrected chi connectivity index (χ1v) is 12.4. The van der Waals surface area contributed by atoms with Crippen LogP contribution < -0.4 is 10.2 Å². The van der Waals surface area contributed by atoms with Crippen LogP contribution in [0.1, 0.15) is 12.6 Å². The van der Waals surface area contributed by atoms with Crippen molar-refractivity contribution in [3.63, 3.8) is 0 Å². The smallest absolute Gasteiger partial charge is 0.251 e. The number of thioether (sulfide) groups is 1. The topological polar surface area (TPSA) is 88.0 Å². The van der Waals surface area contributed by atoms with Gasteiger partial charge in [-0.05, 0) is 50.2 Å². The molecule has 34 heavy (non-hydrogen) atoms. The van der Waals surface area contributed by atoms with Gasteiger partial charge in [0.2, 0.25) is 0 Å². The molecule has 180 valence electrons. The number of nitrogens with zero attached hydrogens (tertiary/aromatic N) is 4. The van der Waals surface area contributed by atoms with Gasteiger partial charge in [-0.1, -0.05) is 31.7 Å². The highest BCUT2D eigenvalue weighted by Crippen LogP contribution is 2.33. The fourth-order valence-electron chi connectivity index (χ4n) is 3.19. The highest BCUT2D eigenvalue weighted by molar-refractivity contribution is 7.98. The van der Waals surface area contributed by atoms with Crippen LogP contribution in [0.25, 0.3) is 11.3 Å². The molecule has 0 aliphatic heterocycles. The third-order valence-electron chi connectivity index (χ3n) is 5.43. The van der Waals surface area contributed by atoms with E-state index in [1.54, 1.807) is 30.0 Å². The third-order valence-corrected chi connectivity index (χ3v) is 6.21. The van der Waals surface area contributed by atoms with Gasteiger partial charge in [-0.25, -0.2) is 0 Å². The molecule has 1 aromatic carbocycles. The van der Waals surface area contributed by atoms with Crippen molar-refractivity contribution in [1.82, 2.24) is 20.4 Å². The molecule has 1 heterocycles. The summed E-state index contributed by atoms with van der Waals surface area (Å²) >= 11 is 1.70. The van der Waals surface area contributed by atoms with Crippen molar-refractivity contribution in [2.24, 2.45) is 0 Å². The molecule has 0 radical (unpaired) electrons. The lowest BCUT2D eigenvalue weighted by Crippen LogP contribution is -2.30. The van der Waals surface area contributed by atoms with E-state index in [0.29, 0.717) is 12.0 Å². The van der Waals surface area contributed by atoms with E-state index in [0.717, 1.165) is 41.5 Å². The molecule has 0 unspecified atom stereocenters. The summed E-state index contributed by atoms with van der Waals surface area (Å²) in [5.74, 6) is -0.297.